The van der Waals surface area contributed by atoms with Crippen LogP contribution in [0, 0.1) is 5.82 Å². The maximum atomic E-state index is 13.9. The molecule has 0 saturated heterocycles. The van der Waals surface area contributed by atoms with E-state index in [1.54, 1.807) is 0 Å². The van der Waals surface area contributed by atoms with Crippen molar-refractivity contribution in [3.8, 4) is 0 Å². The van der Waals surface area contributed by atoms with E-state index in [0.717, 1.165) is 29.5 Å². The number of nitrogens with zero attached hydrogens (tertiary/aromatic N) is 1. The molecule has 0 radical (unpaired) electrons. The average molecular weight is 263 g/mol. The largest absolute Gasteiger partial charge is 0.390 e. The van der Waals surface area contributed by atoms with Gasteiger partial charge in [0.1, 0.15) is 5.82 Å². The summed E-state index contributed by atoms with van der Waals surface area (Å²) in [6.45, 7) is 7.55. The molecule has 1 rings (SSSR count). The van der Waals surface area contributed by atoms with E-state index in [0.29, 0.717) is 11.4 Å². The molecule has 0 unspecified atom stereocenters. The maximum absolute atomic E-state index is 13.9. The molecule has 0 bridgehead atoms. The highest BCUT2D eigenvalue weighted by Gasteiger charge is 2.06. The molecule has 0 spiro atoms. The standard InChI is InChI=1S/C16H22FNO/c1-5-6-13-7-8-14(9-15(13)17)12(4)18-16(10-19)11(2)3/h7-9,19H,5-6,10H2,1-4H3/b18-12+. The summed E-state index contributed by atoms with van der Waals surface area (Å²) in [6.07, 6.45) is 1.67. The van der Waals surface area contributed by atoms with Crippen molar-refractivity contribution in [1.82, 2.24) is 0 Å². The van der Waals surface area contributed by atoms with Crippen LogP contribution in [0.3, 0.4) is 0 Å². The third-order valence-corrected chi connectivity index (χ3v) is 3.02. The van der Waals surface area contributed by atoms with E-state index in [2.05, 4.69) is 4.99 Å². The van der Waals surface area contributed by atoms with Crippen LogP contribution in [0.4, 0.5) is 4.39 Å². The molecule has 19 heavy (non-hydrogen) atoms. The average Bonchev–Trinajstić information content (AvgIpc) is 2.37. The van der Waals surface area contributed by atoms with Crippen LogP contribution in [0.1, 0.15) is 45.2 Å². The van der Waals surface area contributed by atoms with Gasteiger partial charge in [-0.1, -0.05) is 31.1 Å². The molecular weight excluding hydrogens is 241 g/mol. The fraction of sp³-hybridized carbons (Fsp3) is 0.438. The Morgan fingerprint density at radius 2 is 1.95 bits per heavy atom. The zero-order chi connectivity index (χ0) is 14.4. The number of rotatable bonds is 5. The van der Waals surface area contributed by atoms with E-state index >= 15 is 0 Å². The lowest BCUT2D eigenvalue weighted by molar-refractivity contribution is 0.328. The predicted molar refractivity (Wildman–Crippen MR) is 78.1 cm³/mol. The predicted octanol–water partition coefficient (Wildman–Crippen LogP) is 3.87. The maximum Gasteiger partial charge on any atom is 0.127 e. The molecule has 0 aliphatic heterocycles. The van der Waals surface area contributed by atoms with Crippen molar-refractivity contribution in [1.29, 1.82) is 0 Å². The highest BCUT2D eigenvalue weighted by Crippen LogP contribution is 2.15. The molecule has 1 N–H and O–H groups in total. The Hall–Kier alpha value is -1.48. The van der Waals surface area contributed by atoms with Gasteiger partial charge in [-0.05, 0) is 44.4 Å². The number of hydrogen-bond acceptors (Lipinski definition) is 2. The van der Waals surface area contributed by atoms with Crippen molar-refractivity contribution < 1.29 is 9.50 Å². The molecule has 0 heterocycles. The highest BCUT2D eigenvalue weighted by atomic mass is 19.1. The van der Waals surface area contributed by atoms with Gasteiger partial charge in [0.05, 0.1) is 12.3 Å². The molecule has 0 fully saturated rings. The Kier molecular flexibility index (Phi) is 5.90. The van der Waals surface area contributed by atoms with Gasteiger partial charge in [0, 0.05) is 5.71 Å². The SMILES string of the molecule is CCCc1ccc(/C(C)=N/C(CO)=C(C)C)cc1F. The van der Waals surface area contributed by atoms with E-state index in [-0.39, 0.29) is 12.4 Å². The third-order valence-electron chi connectivity index (χ3n) is 3.02. The van der Waals surface area contributed by atoms with E-state index in [9.17, 15) is 9.50 Å². The molecule has 0 aliphatic carbocycles. The number of allylic oxidation sites excluding steroid dienone is 1. The summed E-state index contributed by atoms with van der Waals surface area (Å²) in [5, 5.41) is 9.22. The Morgan fingerprint density at radius 3 is 2.42 bits per heavy atom. The normalized spacial score (nSPS) is 11.6. The number of aliphatic hydroxyl groups is 1. The van der Waals surface area contributed by atoms with Crippen LogP contribution in [0.5, 0.6) is 0 Å². The third kappa shape index (κ3) is 4.28. The summed E-state index contributed by atoms with van der Waals surface area (Å²) in [4.78, 5) is 4.36. The zero-order valence-electron chi connectivity index (χ0n) is 12.1. The van der Waals surface area contributed by atoms with Gasteiger partial charge in [0.25, 0.3) is 0 Å². The van der Waals surface area contributed by atoms with Crippen LogP contribution >= 0.6 is 0 Å². The lowest BCUT2D eigenvalue weighted by atomic mass is 10.0. The Balaban J connectivity index is 3.07. The van der Waals surface area contributed by atoms with Gasteiger partial charge in [0.2, 0.25) is 0 Å². The van der Waals surface area contributed by atoms with Crippen LogP contribution < -0.4 is 0 Å². The zero-order valence-corrected chi connectivity index (χ0v) is 12.1. The number of aliphatic hydroxyl groups excluding tert-OH is 1. The fourth-order valence-electron chi connectivity index (χ4n) is 1.82. The fourth-order valence-corrected chi connectivity index (χ4v) is 1.82. The van der Waals surface area contributed by atoms with Crippen LogP contribution in [0.2, 0.25) is 0 Å². The number of benzene rings is 1. The van der Waals surface area contributed by atoms with Gasteiger partial charge >= 0.3 is 0 Å². The van der Waals surface area contributed by atoms with Crippen molar-refractivity contribution in [2.24, 2.45) is 4.99 Å². The minimum atomic E-state index is -0.184. The van der Waals surface area contributed by atoms with Gasteiger partial charge in [0.15, 0.2) is 0 Å². The lowest BCUT2D eigenvalue weighted by Gasteiger charge is -2.07. The Morgan fingerprint density at radius 1 is 1.26 bits per heavy atom. The topological polar surface area (TPSA) is 32.6 Å². The number of halogens is 1. The summed E-state index contributed by atoms with van der Waals surface area (Å²) in [5.74, 6) is -0.184. The summed E-state index contributed by atoms with van der Waals surface area (Å²) in [7, 11) is 0. The molecule has 2 nitrogen and oxygen atoms in total. The molecular formula is C16H22FNO. The van der Waals surface area contributed by atoms with E-state index < -0.39 is 0 Å². The van der Waals surface area contributed by atoms with Crippen LogP contribution in [-0.4, -0.2) is 17.4 Å². The summed E-state index contributed by atoms with van der Waals surface area (Å²) in [6, 6.07) is 5.21. The van der Waals surface area contributed by atoms with Gasteiger partial charge in [-0.2, -0.15) is 0 Å². The van der Waals surface area contributed by atoms with Gasteiger partial charge in [-0.15, -0.1) is 0 Å². The molecule has 0 saturated carbocycles. The minimum Gasteiger partial charge on any atom is -0.390 e. The van der Waals surface area contributed by atoms with Gasteiger partial charge in [-0.25, -0.2) is 4.39 Å². The van der Waals surface area contributed by atoms with Gasteiger partial charge < -0.3 is 5.11 Å². The molecule has 104 valence electrons. The number of aryl methyl sites for hydroxylation is 1. The molecule has 0 aromatic heterocycles. The summed E-state index contributed by atoms with van der Waals surface area (Å²) >= 11 is 0. The molecule has 3 heteroatoms. The second-order valence-electron chi connectivity index (χ2n) is 4.86. The molecule has 1 aromatic rings. The first-order valence-electron chi connectivity index (χ1n) is 6.60. The van der Waals surface area contributed by atoms with Crippen molar-refractivity contribution in [2.45, 2.75) is 40.5 Å². The van der Waals surface area contributed by atoms with Crippen molar-refractivity contribution >= 4 is 5.71 Å². The first-order valence-corrected chi connectivity index (χ1v) is 6.60. The lowest BCUT2D eigenvalue weighted by Crippen LogP contribution is -2.01. The van der Waals surface area contributed by atoms with Crippen molar-refractivity contribution in [2.75, 3.05) is 6.61 Å². The summed E-state index contributed by atoms with van der Waals surface area (Å²) in [5.41, 5.74) is 3.81. The quantitative estimate of drug-likeness (QED) is 0.803. The minimum absolute atomic E-state index is 0.101. The molecule has 0 aliphatic rings. The highest BCUT2D eigenvalue weighted by molar-refractivity contribution is 5.99. The smallest absolute Gasteiger partial charge is 0.127 e. The van der Waals surface area contributed by atoms with Crippen molar-refractivity contribution in [3.05, 3.63) is 46.4 Å². The first-order chi connectivity index (χ1) is 8.99. The second kappa shape index (κ2) is 7.19. The monoisotopic (exact) mass is 263 g/mol. The van der Waals surface area contributed by atoms with Crippen LogP contribution in [0.15, 0.2) is 34.5 Å². The second-order valence-corrected chi connectivity index (χ2v) is 4.86. The molecule has 0 amide bonds. The molecule has 1 aromatic carbocycles. The number of hydrogen-bond donors (Lipinski definition) is 1. The van der Waals surface area contributed by atoms with Crippen LogP contribution in [0.25, 0.3) is 0 Å². The Bertz CT molecular complexity index is 499. The van der Waals surface area contributed by atoms with Crippen LogP contribution in [-0.2, 0) is 6.42 Å². The van der Waals surface area contributed by atoms with Crippen molar-refractivity contribution in [3.63, 3.8) is 0 Å². The Labute approximate surface area is 114 Å². The summed E-state index contributed by atoms with van der Waals surface area (Å²) < 4.78 is 13.9. The van der Waals surface area contributed by atoms with Gasteiger partial charge in [-0.3, -0.25) is 4.99 Å². The van der Waals surface area contributed by atoms with E-state index in [1.165, 1.54) is 6.07 Å². The van der Waals surface area contributed by atoms with E-state index in [4.69, 9.17) is 0 Å². The van der Waals surface area contributed by atoms with E-state index in [1.807, 2.05) is 39.8 Å². The number of aliphatic imine (C=N–C) groups is 1. The first kappa shape index (κ1) is 15.6. The molecule has 0 atom stereocenters.